The number of pyridine rings is 1. The molecule has 2 aliphatic heterocycles. The first-order valence-corrected chi connectivity index (χ1v) is 14.9. The Labute approximate surface area is 260 Å². The molecule has 0 saturated carbocycles. The number of ether oxygens (including phenoxy) is 3. The van der Waals surface area contributed by atoms with Crippen LogP contribution in [0.25, 0.3) is 15.9 Å². The second kappa shape index (κ2) is 13.2. The van der Waals surface area contributed by atoms with Crippen LogP contribution in [0.2, 0.25) is 0 Å². The largest absolute Gasteiger partial charge is 0.478 e. The van der Waals surface area contributed by atoms with Gasteiger partial charge in [-0.2, -0.15) is 4.98 Å². The minimum Gasteiger partial charge on any atom is -0.478 e. The van der Waals surface area contributed by atoms with Crippen molar-refractivity contribution in [1.29, 1.82) is 0 Å². The molecule has 6 rings (SSSR count). The smallest absolute Gasteiger partial charge is 0.335 e. The van der Waals surface area contributed by atoms with E-state index < -0.39 is 11.8 Å². The summed E-state index contributed by atoms with van der Waals surface area (Å²) in [4.78, 5) is 29.3. The fourth-order valence-electron chi connectivity index (χ4n) is 6.03. The topological polar surface area (TPSA) is 107 Å². The van der Waals surface area contributed by atoms with Crippen molar-refractivity contribution in [3.63, 3.8) is 0 Å². The van der Waals surface area contributed by atoms with Crippen LogP contribution in [-0.4, -0.2) is 82.6 Å². The molecule has 2 aromatic heterocycles. The van der Waals surface area contributed by atoms with Crippen molar-refractivity contribution in [2.24, 2.45) is 0 Å². The summed E-state index contributed by atoms with van der Waals surface area (Å²) >= 11 is 0. The van der Waals surface area contributed by atoms with Crippen molar-refractivity contribution in [1.82, 2.24) is 19.4 Å². The molecular weight excluding hydrogens is 579 g/mol. The van der Waals surface area contributed by atoms with Crippen LogP contribution in [0.15, 0.2) is 54.6 Å². The number of piperazine rings is 1. The fourth-order valence-corrected chi connectivity index (χ4v) is 6.03. The molecule has 0 spiro atoms. The zero-order valence-corrected chi connectivity index (χ0v) is 25.2. The first-order chi connectivity index (χ1) is 21.8. The summed E-state index contributed by atoms with van der Waals surface area (Å²) in [6.45, 7) is 13.1. The highest BCUT2D eigenvalue weighted by Crippen LogP contribution is 2.31. The summed E-state index contributed by atoms with van der Waals surface area (Å²) in [5, 5.41) is 9.62. The molecule has 234 valence electrons. The predicted octanol–water partition coefficient (Wildman–Crippen LogP) is 5.09. The second-order valence-electron chi connectivity index (χ2n) is 11.3. The molecule has 3 atom stereocenters. The molecule has 0 aliphatic carbocycles. The molecule has 0 bridgehead atoms. The van der Waals surface area contributed by atoms with E-state index in [-0.39, 0.29) is 36.0 Å². The molecule has 45 heavy (non-hydrogen) atoms. The summed E-state index contributed by atoms with van der Waals surface area (Å²) in [6, 6.07) is 14.9. The number of benzene rings is 2. The number of hydrogen-bond acceptors (Lipinski definition) is 8. The van der Waals surface area contributed by atoms with Gasteiger partial charge < -0.3 is 28.8 Å². The van der Waals surface area contributed by atoms with E-state index in [0.717, 1.165) is 35.7 Å². The summed E-state index contributed by atoms with van der Waals surface area (Å²) in [5.41, 5.74) is 2.37. The van der Waals surface area contributed by atoms with E-state index in [4.69, 9.17) is 30.8 Å². The molecule has 12 heteroatoms. The van der Waals surface area contributed by atoms with Crippen LogP contribution in [0.1, 0.15) is 41.1 Å². The number of fused-ring (bicyclic) bond motifs is 1. The van der Waals surface area contributed by atoms with E-state index in [1.54, 1.807) is 43.5 Å². The monoisotopic (exact) mass is 614 g/mol. The molecule has 2 fully saturated rings. The van der Waals surface area contributed by atoms with Crippen LogP contribution < -0.4 is 9.64 Å². The fraction of sp³-hybridized carbons (Fsp3) is 0.394. The lowest BCUT2D eigenvalue weighted by Crippen LogP contribution is -2.56. The second-order valence-corrected chi connectivity index (χ2v) is 11.3. The third kappa shape index (κ3) is 6.47. The summed E-state index contributed by atoms with van der Waals surface area (Å²) in [5.74, 6) is 0.542. The van der Waals surface area contributed by atoms with E-state index >= 15 is 0 Å². The average Bonchev–Trinajstić information content (AvgIpc) is 3.39. The lowest BCUT2D eigenvalue weighted by molar-refractivity contribution is -0.0596. The van der Waals surface area contributed by atoms with Gasteiger partial charge in [-0.15, -0.1) is 0 Å². The van der Waals surface area contributed by atoms with Crippen LogP contribution in [0.5, 0.6) is 5.88 Å². The molecule has 1 N–H and O–H groups in total. The third-order valence-electron chi connectivity index (χ3n) is 8.54. The number of methoxy groups -OCH3 is 1. The lowest BCUT2D eigenvalue weighted by Gasteiger charge is -2.44. The Balaban J connectivity index is 1.20. The van der Waals surface area contributed by atoms with Crippen molar-refractivity contribution >= 4 is 28.5 Å². The van der Waals surface area contributed by atoms with Crippen molar-refractivity contribution in [3.05, 3.63) is 88.8 Å². The summed E-state index contributed by atoms with van der Waals surface area (Å²) in [7, 11) is 1.69. The number of carbonyl (C=O) groups is 1. The maximum Gasteiger partial charge on any atom is 0.335 e. The molecule has 0 radical (unpaired) electrons. The molecule has 4 heterocycles. The van der Waals surface area contributed by atoms with Gasteiger partial charge in [0, 0.05) is 45.0 Å². The van der Waals surface area contributed by atoms with Gasteiger partial charge >= 0.3 is 5.97 Å². The third-order valence-corrected chi connectivity index (χ3v) is 8.54. The normalized spacial score (nSPS) is 19.2. The number of aromatic nitrogens is 3. The highest BCUT2D eigenvalue weighted by molar-refractivity contribution is 5.92. The summed E-state index contributed by atoms with van der Waals surface area (Å²) in [6.07, 6.45) is 1.03. The van der Waals surface area contributed by atoms with Crippen molar-refractivity contribution in [2.45, 2.75) is 44.7 Å². The van der Waals surface area contributed by atoms with Crippen LogP contribution in [0, 0.1) is 12.4 Å². The quantitative estimate of drug-likeness (QED) is 0.231. The number of carboxylic acids is 1. The number of anilines is 1. The van der Waals surface area contributed by atoms with Crippen LogP contribution in [0.4, 0.5) is 15.9 Å². The minimum atomic E-state index is -0.971. The number of carboxylic acid groups (broad SMARTS) is 1. The Hall–Kier alpha value is -4.57. The number of hydrogen-bond donors (Lipinski definition) is 1. The minimum absolute atomic E-state index is 0.000977. The van der Waals surface area contributed by atoms with Gasteiger partial charge in [0.15, 0.2) is 5.69 Å². The zero-order chi connectivity index (χ0) is 31.5. The average molecular weight is 615 g/mol. The Morgan fingerprint density at radius 2 is 2.04 bits per heavy atom. The molecule has 0 amide bonds. The van der Waals surface area contributed by atoms with Crippen LogP contribution in [-0.2, 0) is 22.6 Å². The molecule has 2 aromatic carbocycles. The van der Waals surface area contributed by atoms with Crippen LogP contribution >= 0.6 is 0 Å². The highest BCUT2D eigenvalue weighted by atomic mass is 19.1. The lowest BCUT2D eigenvalue weighted by atomic mass is 10.1. The van der Waals surface area contributed by atoms with Gasteiger partial charge in [0.25, 0.3) is 0 Å². The maximum absolute atomic E-state index is 14.4. The van der Waals surface area contributed by atoms with Gasteiger partial charge in [-0.05, 0) is 43.7 Å². The predicted molar refractivity (Wildman–Crippen MR) is 165 cm³/mol. The number of imidazole rings is 1. The number of nitrogens with zero attached hydrogens (tertiary/aromatic N) is 6. The molecule has 11 nitrogen and oxygen atoms in total. The molecule has 4 aromatic rings. The van der Waals surface area contributed by atoms with Gasteiger partial charge in [-0.1, -0.05) is 18.2 Å². The van der Waals surface area contributed by atoms with Gasteiger partial charge in [-0.3, -0.25) is 4.90 Å². The molecule has 2 aliphatic rings. The van der Waals surface area contributed by atoms with Crippen molar-refractivity contribution in [3.8, 4) is 5.88 Å². The Morgan fingerprint density at radius 3 is 2.76 bits per heavy atom. The van der Waals surface area contributed by atoms with Gasteiger partial charge in [0.1, 0.15) is 24.1 Å². The SMILES string of the molecule is [C-]#[N+]c1ccc(COc2cccc(N3CCN([C@@H](C)c4nc5ccc(C(=O)O)cc5n4C[C@@H]4CCO4)[C@@H](COC)C3)n2)c(F)c1. The van der Waals surface area contributed by atoms with Crippen LogP contribution in [0.3, 0.4) is 0 Å². The Morgan fingerprint density at radius 1 is 1.20 bits per heavy atom. The van der Waals surface area contributed by atoms with Gasteiger partial charge in [-0.25, -0.2) is 19.0 Å². The zero-order valence-electron chi connectivity index (χ0n) is 25.2. The highest BCUT2D eigenvalue weighted by Gasteiger charge is 2.34. The number of aromatic carboxylic acids is 1. The molecule has 2 saturated heterocycles. The van der Waals surface area contributed by atoms with Crippen molar-refractivity contribution in [2.75, 3.05) is 44.9 Å². The van der Waals surface area contributed by atoms with Crippen molar-refractivity contribution < 1.29 is 28.5 Å². The number of rotatable bonds is 11. The molecule has 0 unspecified atom stereocenters. The van der Waals surface area contributed by atoms with E-state index in [1.807, 2.05) is 12.1 Å². The maximum atomic E-state index is 14.4. The van der Waals surface area contributed by atoms with Gasteiger partial charge in [0.05, 0.1) is 54.5 Å². The first-order valence-electron chi connectivity index (χ1n) is 14.9. The molecular formula is C33H35FN6O5. The van der Waals surface area contributed by atoms with E-state index in [0.29, 0.717) is 44.2 Å². The first kappa shape index (κ1) is 30.5. The number of halogens is 1. The van der Waals surface area contributed by atoms with Gasteiger partial charge in [0.2, 0.25) is 5.88 Å². The van der Waals surface area contributed by atoms with E-state index in [9.17, 15) is 14.3 Å². The standard InChI is InChI=1S/C33H35FN6O5/c1-21(32-36-28-10-8-22(33(41)42)15-29(28)40(32)18-26-11-14-44-26)39-13-12-38(17-25(39)20-43-3)30-5-4-6-31(37-30)45-19-23-7-9-24(35-2)16-27(23)34/h4-10,15-16,21,25-26H,11-14,17-20H2,1,3H3,(H,41,42)/t21-,25+,26-/m0/s1. The summed E-state index contributed by atoms with van der Waals surface area (Å²) < 4.78 is 33.7. The van der Waals surface area contributed by atoms with E-state index in [2.05, 4.69) is 26.1 Å². The Bertz CT molecular complexity index is 1730. The van der Waals surface area contributed by atoms with E-state index in [1.165, 1.54) is 6.07 Å². The Kier molecular flexibility index (Phi) is 8.93.